The predicted molar refractivity (Wildman–Crippen MR) is 128 cm³/mol. The van der Waals surface area contributed by atoms with Crippen LogP contribution in [0.4, 0.5) is 10.5 Å². The van der Waals surface area contributed by atoms with Crippen LogP contribution in [0.2, 0.25) is 0 Å². The van der Waals surface area contributed by atoms with Gasteiger partial charge in [0.15, 0.2) is 0 Å². The van der Waals surface area contributed by atoms with Crippen molar-refractivity contribution in [2.45, 2.75) is 32.0 Å². The van der Waals surface area contributed by atoms with Crippen LogP contribution in [0.15, 0.2) is 54.6 Å². The topological polar surface area (TPSA) is 123 Å². The lowest BCUT2D eigenvalue weighted by Crippen LogP contribution is -2.52. The summed E-state index contributed by atoms with van der Waals surface area (Å²) in [4.78, 5) is 39.6. The van der Waals surface area contributed by atoms with Gasteiger partial charge >= 0.3 is 6.09 Å². The van der Waals surface area contributed by atoms with E-state index in [9.17, 15) is 14.4 Å². The minimum absolute atomic E-state index is 0.0239. The van der Waals surface area contributed by atoms with E-state index in [0.29, 0.717) is 38.2 Å². The molecule has 0 aromatic heterocycles. The number of nitrogens with one attached hydrogen (secondary N) is 2. The molecular weight excluding hydrogens is 436 g/mol. The third-order valence-electron chi connectivity index (χ3n) is 5.83. The summed E-state index contributed by atoms with van der Waals surface area (Å²) < 4.78 is 10.3. The number of amides is 3. The van der Waals surface area contributed by atoms with Gasteiger partial charge in [0, 0.05) is 32.4 Å². The molecule has 1 atom stereocenters. The first kappa shape index (κ1) is 25.2. The molecule has 3 rings (SSSR count). The Morgan fingerprint density at radius 2 is 1.76 bits per heavy atom. The monoisotopic (exact) mass is 468 g/mol. The summed E-state index contributed by atoms with van der Waals surface area (Å²) >= 11 is 0. The third-order valence-corrected chi connectivity index (χ3v) is 5.83. The lowest BCUT2D eigenvalue weighted by molar-refractivity contribution is -0.136. The Hall–Kier alpha value is -3.43. The van der Waals surface area contributed by atoms with Crippen molar-refractivity contribution in [1.29, 1.82) is 0 Å². The lowest BCUT2D eigenvalue weighted by Gasteiger charge is -2.35. The minimum Gasteiger partial charge on any atom is -0.445 e. The molecule has 2 aromatic carbocycles. The highest BCUT2D eigenvalue weighted by Crippen LogP contribution is 2.23. The second-order valence-electron chi connectivity index (χ2n) is 8.23. The quantitative estimate of drug-likeness (QED) is 0.519. The van der Waals surface area contributed by atoms with Gasteiger partial charge in [-0.05, 0) is 42.0 Å². The molecule has 0 bridgehead atoms. The number of methoxy groups -OCH3 is 1. The first-order valence-electron chi connectivity index (χ1n) is 11.3. The highest BCUT2D eigenvalue weighted by molar-refractivity contribution is 5.96. The zero-order chi connectivity index (χ0) is 24.3. The van der Waals surface area contributed by atoms with Gasteiger partial charge in [-0.1, -0.05) is 42.5 Å². The number of carbonyl (C=O) groups excluding carboxylic acids is 3. The zero-order valence-electron chi connectivity index (χ0n) is 19.4. The SMILES string of the molecule is COCC(=O)N1CCC([C@@H](NC(=O)OCc2ccccc2)C(=O)Nc2cccc(CN)c2)CC1. The first-order chi connectivity index (χ1) is 16.5. The standard InChI is InChI=1S/C25H32N4O5/c1-33-17-22(30)29-12-10-20(11-13-29)23(24(31)27-21-9-5-8-19(14-21)15-26)28-25(32)34-16-18-6-3-2-4-7-18/h2-9,14,20,23H,10-13,15-17,26H2,1H3,(H,27,31)(H,28,32)/t23-/m1/s1. The van der Waals surface area contributed by atoms with Crippen LogP contribution >= 0.6 is 0 Å². The molecule has 1 aliphatic heterocycles. The molecule has 2 aromatic rings. The van der Waals surface area contributed by atoms with Crippen molar-refractivity contribution < 1.29 is 23.9 Å². The number of nitrogens with zero attached hydrogens (tertiary/aromatic N) is 1. The predicted octanol–water partition coefficient (Wildman–Crippen LogP) is 2.26. The van der Waals surface area contributed by atoms with E-state index < -0.39 is 12.1 Å². The molecule has 4 N–H and O–H groups in total. The zero-order valence-corrected chi connectivity index (χ0v) is 19.4. The summed E-state index contributed by atoms with van der Waals surface area (Å²) in [5.74, 6) is -0.586. The van der Waals surface area contributed by atoms with E-state index in [1.807, 2.05) is 42.5 Å². The molecule has 0 saturated carbocycles. The Bertz CT molecular complexity index is 961. The fraction of sp³-hybridized carbons (Fsp3) is 0.400. The van der Waals surface area contributed by atoms with Gasteiger partial charge in [-0.15, -0.1) is 0 Å². The molecule has 1 fully saturated rings. The maximum atomic E-state index is 13.2. The third kappa shape index (κ3) is 7.29. The molecular formula is C25H32N4O5. The van der Waals surface area contributed by atoms with E-state index in [2.05, 4.69) is 10.6 Å². The van der Waals surface area contributed by atoms with Crippen LogP contribution in [0, 0.1) is 5.92 Å². The van der Waals surface area contributed by atoms with Crippen LogP contribution in [0.25, 0.3) is 0 Å². The van der Waals surface area contributed by atoms with Gasteiger partial charge in [-0.25, -0.2) is 4.79 Å². The molecule has 0 spiro atoms. The largest absolute Gasteiger partial charge is 0.445 e. The van der Waals surface area contributed by atoms with E-state index in [0.717, 1.165) is 11.1 Å². The number of carbonyl (C=O) groups is 3. The van der Waals surface area contributed by atoms with E-state index >= 15 is 0 Å². The van der Waals surface area contributed by atoms with Crippen LogP contribution in [0.3, 0.4) is 0 Å². The summed E-state index contributed by atoms with van der Waals surface area (Å²) in [5.41, 5.74) is 8.04. The van der Waals surface area contributed by atoms with Crippen LogP contribution < -0.4 is 16.4 Å². The Morgan fingerprint density at radius 1 is 1.06 bits per heavy atom. The van der Waals surface area contributed by atoms with Gasteiger partial charge in [-0.3, -0.25) is 9.59 Å². The number of hydrogen-bond donors (Lipinski definition) is 3. The molecule has 182 valence electrons. The van der Waals surface area contributed by atoms with Crippen molar-refractivity contribution in [2.24, 2.45) is 11.7 Å². The van der Waals surface area contributed by atoms with Gasteiger partial charge in [0.05, 0.1) is 0 Å². The summed E-state index contributed by atoms with van der Waals surface area (Å²) in [7, 11) is 1.48. The Kier molecular flexibility index (Phi) is 9.42. The normalized spacial score (nSPS) is 14.8. The highest BCUT2D eigenvalue weighted by Gasteiger charge is 2.34. The number of hydrogen-bond acceptors (Lipinski definition) is 6. The van der Waals surface area contributed by atoms with Crippen LogP contribution in [0.5, 0.6) is 0 Å². The molecule has 0 radical (unpaired) electrons. The number of benzene rings is 2. The smallest absolute Gasteiger partial charge is 0.408 e. The summed E-state index contributed by atoms with van der Waals surface area (Å²) in [6.45, 7) is 1.45. The fourth-order valence-corrected chi connectivity index (χ4v) is 3.98. The van der Waals surface area contributed by atoms with Crippen LogP contribution in [0.1, 0.15) is 24.0 Å². The van der Waals surface area contributed by atoms with Crippen molar-refractivity contribution in [1.82, 2.24) is 10.2 Å². The van der Waals surface area contributed by atoms with Crippen molar-refractivity contribution in [3.8, 4) is 0 Å². The molecule has 1 heterocycles. The Balaban J connectivity index is 1.67. The molecule has 0 aliphatic carbocycles. The maximum absolute atomic E-state index is 13.2. The maximum Gasteiger partial charge on any atom is 0.408 e. The van der Waals surface area contributed by atoms with Gasteiger partial charge < -0.3 is 30.7 Å². The summed E-state index contributed by atoms with van der Waals surface area (Å²) in [5, 5.41) is 5.63. The molecule has 34 heavy (non-hydrogen) atoms. The van der Waals surface area contributed by atoms with Crippen molar-refractivity contribution in [2.75, 3.05) is 32.1 Å². The van der Waals surface area contributed by atoms with E-state index in [1.54, 1.807) is 17.0 Å². The van der Waals surface area contributed by atoms with Gasteiger partial charge in [0.25, 0.3) is 0 Å². The fourth-order valence-electron chi connectivity index (χ4n) is 3.98. The lowest BCUT2D eigenvalue weighted by atomic mass is 9.88. The number of alkyl carbamates (subject to hydrolysis) is 1. The highest BCUT2D eigenvalue weighted by atomic mass is 16.5. The molecule has 1 aliphatic rings. The van der Waals surface area contributed by atoms with Crippen molar-refractivity contribution in [3.05, 3.63) is 65.7 Å². The Morgan fingerprint density at radius 3 is 2.44 bits per heavy atom. The van der Waals surface area contributed by atoms with Crippen molar-refractivity contribution in [3.63, 3.8) is 0 Å². The first-order valence-corrected chi connectivity index (χ1v) is 11.3. The molecule has 0 unspecified atom stereocenters. The van der Waals surface area contributed by atoms with Gasteiger partial charge in [0.1, 0.15) is 19.3 Å². The average Bonchev–Trinajstić information content (AvgIpc) is 2.87. The second kappa shape index (κ2) is 12.7. The van der Waals surface area contributed by atoms with Crippen LogP contribution in [-0.4, -0.2) is 55.7 Å². The number of anilines is 1. The molecule has 1 saturated heterocycles. The van der Waals surface area contributed by atoms with E-state index in [-0.39, 0.29) is 30.9 Å². The van der Waals surface area contributed by atoms with E-state index in [1.165, 1.54) is 7.11 Å². The number of piperidine rings is 1. The van der Waals surface area contributed by atoms with Gasteiger partial charge in [0.2, 0.25) is 11.8 Å². The summed E-state index contributed by atoms with van der Waals surface area (Å²) in [6.07, 6.45) is 0.461. The summed E-state index contributed by atoms with van der Waals surface area (Å²) in [6, 6.07) is 15.8. The van der Waals surface area contributed by atoms with Crippen molar-refractivity contribution >= 4 is 23.6 Å². The van der Waals surface area contributed by atoms with Crippen LogP contribution in [-0.2, 0) is 32.2 Å². The second-order valence-corrected chi connectivity index (χ2v) is 8.23. The minimum atomic E-state index is -0.815. The molecule has 9 heteroatoms. The molecule has 9 nitrogen and oxygen atoms in total. The number of ether oxygens (including phenoxy) is 2. The number of nitrogens with two attached hydrogens (primary N) is 1. The molecule has 3 amide bonds. The Labute approximate surface area is 199 Å². The number of likely N-dealkylation sites (tertiary alicyclic amines) is 1. The van der Waals surface area contributed by atoms with Gasteiger partial charge in [-0.2, -0.15) is 0 Å². The van der Waals surface area contributed by atoms with E-state index in [4.69, 9.17) is 15.2 Å². The average molecular weight is 469 g/mol. The number of rotatable bonds is 9.